The van der Waals surface area contributed by atoms with Gasteiger partial charge in [-0.1, -0.05) is 318 Å². The van der Waals surface area contributed by atoms with E-state index < -0.39 is 26.5 Å². The van der Waals surface area contributed by atoms with E-state index in [1.54, 1.807) is 0 Å². The third-order valence-corrected chi connectivity index (χ3v) is 15.8. The highest BCUT2D eigenvalue weighted by Crippen LogP contribution is 2.43. The number of hydrogen-bond donors (Lipinski definition) is 2. The molecule has 0 aliphatic heterocycles. The standard InChI is InChI=1S/C81H132NO8P/c1-3-5-7-9-11-13-15-17-19-21-23-25-27-29-31-33-35-37-38-39-40-42-44-46-48-50-52-54-56-58-60-62-64-66-68-70-72-74-81(84)90-79(78-89-91(85,86)88-76-75-82)77-87-80(83)73-71-69-67-65-63-61-59-57-55-53-51-49-47-45-43-41-36-34-32-30-28-26-24-22-20-18-16-14-12-10-8-6-4-2/h5-8,11-14,17-20,23-26,29-32,35-37,39-41,44-47,79H,3-4,9-10,15-16,21-22,27-28,33-34,38,42-43,48-78,82H2,1-2H3,(H,85,86)/b7-5-,8-6-,13-11-,14-12-,19-17-,20-18-,25-23-,26-24-,31-29-,32-30-,37-35-,40-39-,41-36-,46-44-,47-45-. The van der Waals surface area contributed by atoms with Gasteiger partial charge in [0.15, 0.2) is 6.10 Å². The fourth-order valence-electron chi connectivity index (χ4n) is 9.52. The molecule has 10 heteroatoms. The number of phosphoric acid groups is 1. The summed E-state index contributed by atoms with van der Waals surface area (Å²) in [5.74, 6) is -0.839. The Morgan fingerprint density at radius 1 is 0.330 bits per heavy atom. The smallest absolute Gasteiger partial charge is 0.462 e. The summed E-state index contributed by atoms with van der Waals surface area (Å²) in [5, 5.41) is 0. The van der Waals surface area contributed by atoms with Crippen molar-refractivity contribution in [1.82, 2.24) is 0 Å². The molecule has 2 unspecified atom stereocenters. The Kier molecular flexibility index (Phi) is 70.2. The van der Waals surface area contributed by atoms with Crippen LogP contribution in [0.15, 0.2) is 182 Å². The first kappa shape index (κ1) is 86.1. The molecule has 0 aliphatic rings. The number of ether oxygens (including phenoxy) is 2. The quantitative estimate of drug-likeness (QED) is 0.0264. The third-order valence-electron chi connectivity index (χ3n) is 14.8. The minimum atomic E-state index is -4.41. The summed E-state index contributed by atoms with van der Waals surface area (Å²) in [5.41, 5.74) is 5.41. The fraction of sp³-hybridized carbons (Fsp3) is 0.605. The highest BCUT2D eigenvalue weighted by molar-refractivity contribution is 7.47. The predicted molar refractivity (Wildman–Crippen MR) is 394 cm³/mol. The molecule has 0 radical (unpaired) electrons. The van der Waals surface area contributed by atoms with E-state index in [-0.39, 0.29) is 38.6 Å². The fourth-order valence-corrected chi connectivity index (χ4v) is 10.3. The molecule has 3 N–H and O–H groups in total. The molecule has 0 aromatic heterocycles. The van der Waals surface area contributed by atoms with Crippen molar-refractivity contribution in [2.24, 2.45) is 5.73 Å². The van der Waals surface area contributed by atoms with Crippen LogP contribution in [0.4, 0.5) is 0 Å². The number of esters is 2. The zero-order valence-corrected chi connectivity index (χ0v) is 58.6. The van der Waals surface area contributed by atoms with Gasteiger partial charge in [0.2, 0.25) is 0 Å². The number of hydrogen-bond acceptors (Lipinski definition) is 8. The number of nitrogens with two attached hydrogens (primary N) is 1. The maximum absolute atomic E-state index is 12.8. The molecular formula is C81H132NO8P. The van der Waals surface area contributed by atoms with Crippen LogP contribution >= 0.6 is 7.82 Å². The topological polar surface area (TPSA) is 134 Å². The summed E-state index contributed by atoms with van der Waals surface area (Å²) in [7, 11) is -4.41. The van der Waals surface area contributed by atoms with E-state index in [1.807, 2.05) is 0 Å². The van der Waals surface area contributed by atoms with Crippen molar-refractivity contribution < 1.29 is 37.6 Å². The number of phosphoric ester groups is 1. The van der Waals surface area contributed by atoms with Gasteiger partial charge >= 0.3 is 19.8 Å². The number of carbonyl (C=O) groups is 2. The maximum Gasteiger partial charge on any atom is 0.472 e. The van der Waals surface area contributed by atoms with Crippen molar-refractivity contribution >= 4 is 19.8 Å². The lowest BCUT2D eigenvalue weighted by molar-refractivity contribution is -0.161. The minimum absolute atomic E-state index is 0.0447. The molecule has 0 aromatic rings. The molecule has 2 atom stereocenters. The number of rotatable bonds is 66. The van der Waals surface area contributed by atoms with Crippen LogP contribution in [0.25, 0.3) is 0 Å². The third kappa shape index (κ3) is 74.0. The van der Waals surface area contributed by atoms with Crippen LogP contribution in [0.1, 0.15) is 284 Å². The van der Waals surface area contributed by atoms with Crippen LogP contribution < -0.4 is 5.73 Å². The average Bonchev–Trinajstić information content (AvgIpc) is 3.74. The first-order chi connectivity index (χ1) is 44.8. The van der Waals surface area contributed by atoms with Gasteiger partial charge in [-0.05, 0) is 135 Å². The SMILES string of the molecule is CC/C=C\C/C=C\C/C=C\C/C=C\C/C=C\C/C=C\C/C=C\C/C=C\CCCCCCCCCCCCCCC(=O)OC(COC(=O)CCCCCCCCCCCCC/C=C\C/C=C\C/C=C\C/C=C\C/C=C\C/C=C\C/C=C\CC)COP(=O)(O)OCCN. The van der Waals surface area contributed by atoms with Crippen molar-refractivity contribution in [2.45, 2.75) is 290 Å². The summed E-state index contributed by atoms with van der Waals surface area (Å²) in [6.07, 6.45) is 111. The lowest BCUT2D eigenvalue weighted by Crippen LogP contribution is -2.29. The van der Waals surface area contributed by atoms with Gasteiger partial charge in [-0.15, -0.1) is 0 Å². The van der Waals surface area contributed by atoms with E-state index in [0.29, 0.717) is 6.42 Å². The number of allylic oxidation sites excluding steroid dienone is 30. The lowest BCUT2D eigenvalue weighted by Gasteiger charge is -2.19. The summed E-state index contributed by atoms with van der Waals surface area (Å²) < 4.78 is 33.2. The number of unbranched alkanes of at least 4 members (excludes halogenated alkanes) is 23. The second-order valence-electron chi connectivity index (χ2n) is 23.3. The molecule has 0 spiro atoms. The molecule has 0 rings (SSSR count). The van der Waals surface area contributed by atoms with Crippen LogP contribution in [0.2, 0.25) is 0 Å². The van der Waals surface area contributed by atoms with Crippen LogP contribution in [0.3, 0.4) is 0 Å². The van der Waals surface area contributed by atoms with Crippen LogP contribution in [0, 0.1) is 0 Å². The Morgan fingerprint density at radius 2 is 0.571 bits per heavy atom. The van der Waals surface area contributed by atoms with Gasteiger partial charge in [-0.2, -0.15) is 0 Å². The first-order valence-corrected chi connectivity index (χ1v) is 37.8. The minimum Gasteiger partial charge on any atom is -0.462 e. The molecule has 514 valence electrons. The summed E-state index contributed by atoms with van der Waals surface area (Å²) in [4.78, 5) is 35.4. The van der Waals surface area contributed by atoms with Gasteiger partial charge in [0, 0.05) is 19.4 Å². The molecule has 0 amide bonds. The van der Waals surface area contributed by atoms with Crippen LogP contribution in [0.5, 0.6) is 0 Å². The van der Waals surface area contributed by atoms with Gasteiger partial charge in [0.1, 0.15) is 6.61 Å². The van der Waals surface area contributed by atoms with Crippen molar-refractivity contribution in [2.75, 3.05) is 26.4 Å². The van der Waals surface area contributed by atoms with Crippen molar-refractivity contribution in [1.29, 1.82) is 0 Å². The van der Waals surface area contributed by atoms with E-state index in [0.717, 1.165) is 154 Å². The molecule has 91 heavy (non-hydrogen) atoms. The van der Waals surface area contributed by atoms with Crippen LogP contribution in [-0.2, 0) is 32.7 Å². The molecule has 0 fully saturated rings. The molecule has 0 heterocycles. The molecule has 0 saturated heterocycles. The van der Waals surface area contributed by atoms with E-state index >= 15 is 0 Å². The Labute approximate surface area is 558 Å². The Balaban J connectivity index is 3.95. The van der Waals surface area contributed by atoms with Gasteiger partial charge in [-0.3, -0.25) is 18.6 Å². The molecule has 0 aliphatic carbocycles. The van der Waals surface area contributed by atoms with Crippen molar-refractivity contribution in [3.63, 3.8) is 0 Å². The normalized spacial score (nSPS) is 14.0. The lowest BCUT2D eigenvalue weighted by atomic mass is 10.0. The second kappa shape index (κ2) is 74.2. The zero-order chi connectivity index (χ0) is 65.8. The Bertz CT molecular complexity index is 2150. The van der Waals surface area contributed by atoms with E-state index in [4.69, 9.17) is 24.3 Å². The van der Waals surface area contributed by atoms with Crippen molar-refractivity contribution in [3.05, 3.63) is 182 Å². The van der Waals surface area contributed by atoms with Crippen LogP contribution in [-0.4, -0.2) is 49.3 Å². The molecular weight excluding hydrogens is 1150 g/mol. The Morgan fingerprint density at radius 3 is 0.846 bits per heavy atom. The van der Waals surface area contributed by atoms with Crippen molar-refractivity contribution in [3.8, 4) is 0 Å². The highest BCUT2D eigenvalue weighted by atomic mass is 31.2. The average molecular weight is 1280 g/mol. The molecule has 0 saturated carbocycles. The van der Waals surface area contributed by atoms with Gasteiger partial charge in [-0.25, -0.2) is 4.57 Å². The summed E-state index contributed by atoms with van der Waals surface area (Å²) in [6, 6.07) is 0. The Hall–Kier alpha value is -4.89. The second-order valence-corrected chi connectivity index (χ2v) is 24.8. The molecule has 0 aromatic carbocycles. The predicted octanol–water partition coefficient (Wildman–Crippen LogP) is 24.3. The summed E-state index contributed by atoms with van der Waals surface area (Å²) in [6.45, 7) is 3.51. The zero-order valence-electron chi connectivity index (χ0n) is 57.8. The summed E-state index contributed by atoms with van der Waals surface area (Å²) >= 11 is 0. The highest BCUT2D eigenvalue weighted by Gasteiger charge is 2.26. The van der Waals surface area contributed by atoms with Gasteiger partial charge in [0.25, 0.3) is 0 Å². The van der Waals surface area contributed by atoms with Gasteiger partial charge < -0.3 is 20.1 Å². The number of carbonyl (C=O) groups excluding carboxylic acids is 2. The largest absolute Gasteiger partial charge is 0.472 e. The molecule has 0 bridgehead atoms. The van der Waals surface area contributed by atoms with E-state index in [1.165, 1.54) is 96.3 Å². The van der Waals surface area contributed by atoms with Gasteiger partial charge in [0.05, 0.1) is 13.2 Å². The van der Waals surface area contributed by atoms with E-state index in [2.05, 4.69) is 196 Å². The monoisotopic (exact) mass is 1280 g/mol. The first-order valence-electron chi connectivity index (χ1n) is 36.3. The maximum atomic E-state index is 12.8. The molecule has 9 nitrogen and oxygen atoms in total. The van der Waals surface area contributed by atoms with E-state index in [9.17, 15) is 19.0 Å².